The van der Waals surface area contributed by atoms with Crippen molar-refractivity contribution in [1.29, 1.82) is 0 Å². The normalized spacial score (nSPS) is 10.6. The number of aryl methyl sites for hydroxylation is 2. The van der Waals surface area contributed by atoms with Gasteiger partial charge in [-0.15, -0.1) is 0 Å². The quantitative estimate of drug-likeness (QED) is 0.828. The van der Waals surface area contributed by atoms with Crippen molar-refractivity contribution in [3.63, 3.8) is 0 Å². The zero-order valence-corrected chi connectivity index (χ0v) is 12.1. The first kappa shape index (κ1) is 15.5. The number of hydrogen-bond donors (Lipinski definition) is 2. The minimum Gasteiger partial charge on any atom is -0.493 e. The van der Waals surface area contributed by atoms with Crippen molar-refractivity contribution in [2.45, 2.75) is 46.8 Å². The van der Waals surface area contributed by atoms with E-state index >= 15 is 0 Å². The second-order valence-corrected chi connectivity index (χ2v) is 5.04. The molecule has 0 heterocycles. The van der Waals surface area contributed by atoms with Crippen LogP contribution in [0.2, 0.25) is 0 Å². The lowest BCUT2D eigenvalue weighted by molar-refractivity contribution is -0.122. The predicted octanol–water partition coefficient (Wildman–Crippen LogP) is 2.09. The zero-order valence-electron chi connectivity index (χ0n) is 12.1. The van der Waals surface area contributed by atoms with Crippen molar-refractivity contribution >= 4 is 5.91 Å². The number of rotatable bonds is 6. The average Bonchev–Trinajstić information content (AvgIpc) is 2.31. The summed E-state index contributed by atoms with van der Waals surface area (Å²) in [6, 6.07) is 3.95. The molecule has 0 aromatic heterocycles. The molecule has 0 saturated carbocycles. The molecule has 19 heavy (non-hydrogen) atoms. The van der Waals surface area contributed by atoms with E-state index in [1.54, 1.807) is 0 Å². The maximum absolute atomic E-state index is 11.5. The first-order valence-electron chi connectivity index (χ1n) is 6.57. The number of amides is 1. The Morgan fingerprint density at radius 1 is 1.32 bits per heavy atom. The average molecular weight is 265 g/mol. The standard InChI is InChI=1S/C15H23NO3/c1-10(2)16-14(18)5-6-19-15-11(3)7-13(9-17)8-12(15)4/h7-8,10,17H,5-6,9H2,1-4H3,(H,16,18). The number of benzene rings is 1. The van der Waals surface area contributed by atoms with E-state index in [-0.39, 0.29) is 18.6 Å². The van der Waals surface area contributed by atoms with Gasteiger partial charge in [0.25, 0.3) is 0 Å². The summed E-state index contributed by atoms with van der Waals surface area (Å²) >= 11 is 0. The van der Waals surface area contributed by atoms with Gasteiger partial charge in [-0.05, 0) is 44.4 Å². The van der Waals surface area contributed by atoms with Gasteiger partial charge in [0.2, 0.25) is 5.91 Å². The minimum absolute atomic E-state index is 0.00251. The fourth-order valence-corrected chi connectivity index (χ4v) is 2.00. The van der Waals surface area contributed by atoms with Gasteiger partial charge >= 0.3 is 0 Å². The molecule has 0 aliphatic carbocycles. The van der Waals surface area contributed by atoms with Crippen LogP contribution in [-0.4, -0.2) is 23.7 Å². The van der Waals surface area contributed by atoms with Crippen LogP contribution in [0.15, 0.2) is 12.1 Å². The lowest BCUT2D eigenvalue weighted by Crippen LogP contribution is -2.31. The molecular formula is C15H23NO3. The summed E-state index contributed by atoms with van der Waals surface area (Å²) in [5, 5.41) is 11.9. The fourth-order valence-electron chi connectivity index (χ4n) is 2.00. The first-order chi connectivity index (χ1) is 8.93. The molecule has 0 spiro atoms. The maximum atomic E-state index is 11.5. The minimum atomic E-state index is -0.00251. The van der Waals surface area contributed by atoms with Crippen molar-refractivity contribution in [3.8, 4) is 5.75 Å². The highest BCUT2D eigenvalue weighted by molar-refractivity contribution is 5.76. The Kier molecular flexibility index (Phi) is 5.83. The second-order valence-electron chi connectivity index (χ2n) is 5.04. The van der Waals surface area contributed by atoms with Gasteiger partial charge in [-0.2, -0.15) is 0 Å². The van der Waals surface area contributed by atoms with E-state index in [1.165, 1.54) is 0 Å². The van der Waals surface area contributed by atoms with Crippen LogP contribution >= 0.6 is 0 Å². The van der Waals surface area contributed by atoms with E-state index in [2.05, 4.69) is 5.32 Å². The molecule has 0 radical (unpaired) electrons. The van der Waals surface area contributed by atoms with Gasteiger partial charge < -0.3 is 15.2 Å². The van der Waals surface area contributed by atoms with Crippen molar-refractivity contribution in [1.82, 2.24) is 5.32 Å². The third kappa shape index (κ3) is 4.91. The molecule has 2 N–H and O–H groups in total. The maximum Gasteiger partial charge on any atom is 0.223 e. The molecule has 1 rings (SSSR count). The molecule has 106 valence electrons. The number of carbonyl (C=O) groups is 1. The van der Waals surface area contributed by atoms with E-state index in [0.717, 1.165) is 22.4 Å². The monoisotopic (exact) mass is 265 g/mol. The number of aliphatic hydroxyl groups is 1. The topological polar surface area (TPSA) is 58.6 Å². The fraction of sp³-hybridized carbons (Fsp3) is 0.533. The highest BCUT2D eigenvalue weighted by Crippen LogP contribution is 2.24. The van der Waals surface area contributed by atoms with E-state index in [4.69, 9.17) is 9.84 Å². The van der Waals surface area contributed by atoms with Gasteiger partial charge in [0.1, 0.15) is 5.75 Å². The molecule has 0 atom stereocenters. The van der Waals surface area contributed by atoms with Crippen molar-refractivity contribution < 1.29 is 14.6 Å². The smallest absolute Gasteiger partial charge is 0.223 e. The zero-order chi connectivity index (χ0) is 14.4. The van der Waals surface area contributed by atoms with Crippen molar-refractivity contribution in [2.24, 2.45) is 0 Å². The van der Waals surface area contributed by atoms with Crippen LogP contribution in [-0.2, 0) is 11.4 Å². The van der Waals surface area contributed by atoms with E-state index in [9.17, 15) is 4.79 Å². The summed E-state index contributed by atoms with van der Waals surface area (Å²) in [6.45, 7) is 8.13. The molecule has 0 unspecified atom stereocenters. The number of nitrogens with one attached hydrogen (secondary N) is 1. The third-order valence-electron chi connectivity index (χ3n) is 2.73. The molecular weight excluding hydrogens is 242 g/mol. The molecule has 0 fully saturated rings. The van der Waals surface area contributed by atoms with Gasteiger partial charge in [-0.3, -0.25) is 4.79 Å². The molecule has 0 bridgehead atoms. The van der Waals surface area contributed by atoms with Crippen LogP contribution in [0, 0.1) is 13.8 Å². The van der Waals surface area contributed by atoms with Crippen LogP contribution in [0.25, 0.3) is 0 Å². The van der Waals surface area contributed by atoms with E-state index < -0.39 is 0 Å². The van der Waals surface area contributed by atoms with Gasteiger partial charge in [-0.25, -0.2) is 0 Å². The second kappa shape index (κ2) is 7.14. The summed E-state index contributed by atoms with van der Waals surface area (Å²) < 4.78 is 5.68. The first-order valence-corrected chi connectivity index (χ1v) is 6.57. The summed E-state index contributed by atoms with van der Waals surface area (Å²) in [6.07, 6.45) is 0.346. The lowest BCUT2D eigenvalue weighted by Gasteiger charge is -2.14. The molecule has 1 aromatic rings. The summed E-state index contributed by atoms with van der Waals surface area (Å²) in [4.78, 5) is 11.5. The molecule has 0 saturated heterocycles. The Labute approximate surface area is 114 Å². The molecule has 0 aliphatic rings. The van der Waals surface area contributed by atoms with Gasteiger partial charge in [-0.1, -0.05) is 12.1 Å². The van der Waals surface area contributed by atoms with Crippen molar-refractivity contribution in [3.05, 3.63) is 28.8 Å². The molecule has 1 amide bonds. The molecule has 1 aromatic carbocycles. The summed E-state index contributed by atoms with van der Waals surface area (Å²) in [5.41, 5.74) is 2.83. The SMILES string of the molecule is Cc1cc(CO)cc(C)c1OCCC(=O)NC(C)C. The number of carbonyl (C=O) groups excluding carboxylic acids is 1. The molecule has 4 heteroatoms. The third-order valence-corrected chi connectivity index (χ3v) is 2.73. The van der Waals surface area contributed by atoms with Gasteiger partial charge in [0.05, 0.1) is 19.6 Å². The Balaban J connectivity index is 2.56. The Morgan fingerprint density at radius 3 is 2.37 bits per heavy atom. The summed E-state index contributed by atoms with van der Waals surface area (Å²) in [5.74, 6) is 0.798. The van der Waals surface area contributed by atoms with Crippen LogP contribution in [0.3, 0.4) is 0 Å². The summed E-state index contributed by atoms with van der Waals surface area (Å²) in [7, 11) is 0. The highest BCUT2D eigenvalue weighted by Gasteiger charge is 2.08. The molecule has 0 aliphatic heterocycles. The highest BCUT2D eigenvalue weighted by atomic mass is 16.5. The Morgan fingerprint density at radius 2 is 1.89 bits per heavy atom. The Hall–Kier alpha value is -1.55. The molecule has 4 nitrogen and oxygen atoms in total. The largest absolute Gasteiger partial charge is 0.493 e. The van der Waals surface area contributed by atoms with Crippen LogP contribution in [0.1, 0.15) is 37.0 Å². The van der Waals surface area contributed by atoms with Gasteiger partial charge in [0, 0.05) is 6.04 Å². The number of aliphatic hydroxyl groups excluding tert-OH is 1. The van der Waals surface area contributed by atoms with Crippen LogP contribution < -0.4 is 10.1 Å². The van der Waals surface area contributed by atoms with Crippen LogP contribution in [0.4, 0.5) is 0 Å². The van der Waals surface area contributed by atoms with Crippen LogP contribution in [0.5, 0.6) is 5.75 Å². The Bertz CT molecular complexity index is 418. The lowest BCUT2D eigenvalue weighted by atomic mass is 10.1. The van der Waals surface area contributed by atoms with E-state index in [0.29, 0.717) is 13.0 Å². The van der Waals surface area contributed by atoms with Crippen molar-refractivity contribution in [2.75, 3.05) is 6.61 Å². The number of ether oxygens (including phenoxy) is 1. The predicted molar refractivity (Wildman–Crippen MR) is 75.2 cm³/mol. The van der Waals surface area contributed by atoms with E-state index in [1.807, 2.05) is 39.8 Å². The number of hydrogen-bond acceptors (Lipinski definition) is 3. The van der Waals surface area contributed by atoms with Gasteiger partial charge in [0.15, 0.2) is 0 Å².